The number of allylic oxidation sites excluding steroid dienone is 6. The van der Waals surface area contributed by atoms with Crippen LogP contribution in [0.2, 0.25) is 0 Å². The van der Waals surface area contributed by atoms with Crippen molar-refractivity contribution in [2.75, 3.05) is 0 Å². The highest BCUT2D eigenvalue weighted by molar-refractivity contribution is 5.87. The Bertz CT molecular complexity index is 459. The van der Waals surface area contributed by atoms with Gasteiger partial charge >= 0.3 is 0 Å². The monoisotopic (exact) mass is 180 g/mol. The predicted molar refractivity (Wildman–Crippen MR) is 60.0 cm³/mol. The lowest BCUT2D eigenvalue weighted by molar-refractivity contribution is 1.23. The summed E-state index contributed by atoms with van der Waals surface area (Å²) in [5, 5.41) is 0. The fourth-order valence-electron chi connectivity index (χ4n) is 2.24. The maximum absolute atomic E-state index is 2.34. The Morgan fingerprint density at radius 1 is 1.07 bits per heavy atom. The zero-order valence-electron chi connectivity index (χ0n) is 8.03. The van der Waals surface area contributed by atoms with E-state index in [1.807, 2.05) is 0 Å². The van der Waals surface area contributed by atoms with Crippen molar-refractivity contribution in [1.29, 1.82) is 0 Å². The molecular weight excluding hydrogens is 168 g/mol. The van der Waals surface area contributed by atoms with Gasteiger partial charge < -0.3 is 0 Å². The third-order valence-corrected chi connectivity index (χ3v) is 2.93. The molecule has 0 N–H and O–H groups in total. The summed E-state index contributed by atoms with van der Waals surface area (Å²) < 4.78 is 0. The summed E-state index contributed by atoms with van der Waals surface area (Å²) in [6, 6.07) is 8.70. The van der Waals surface area contributed by atoms with Gasteiger partial charge in [0.05, 0.1) is 0 Å². The van der Waals surface area contributed by atoms with Crippen LogP contribution in [0.4, 0.5) is 0 Å². The van der Waals surface area contributed by atoms with E-state index in [9.17, 15) is 0 Å². The van der Waals surface area contributed by atoms with Gasteiger partial charge in [-0.2, -0.15) is 0 Å². The first-order valence-electron chi connectivity index (χ1n) is 5.09. The Labute approximate surface area is 84.3 Å². The highest BCUT2D eigenvalue weighted by Crippen LogP contribution is 2.37. The maximum Gasteiger partial charge on any atom is -0.00165 e. The molecule has 0 amide bonds. The van der Waals surface area contributed by atoms with Gasteiger partial charge in [0.1, 0.15) is 0 Å². The van der Waals surface area contributed by atoms with E-state index in [-0.39, 0.29) is 0 Å². The summed E-state index contributed by atoms with van der Waals surface area (Å²) in [6.45, 7) is 0. The van der Waals surface area contributed by atoms with Gasteiger partial charge in [-0.25, -0.2) is 0 Å². The fourth-order valence-corrected chi connectivity index (χ4v) is 2.24. The first-order chi connectivity index (χ1) is 6.95. The van der Waals surface area contributed by atoms with Gasteiger partial charge in [0, 0.05) is 0 Å². The third-order valence-electron chi connectivity index (χ3n) is 2.93. The molecule has 0 aliphatic heterocycles. The summed E-state index contributed by atoms with van der Waals surface area (Å²) in [4.78, 5) is 0. The molecule has 0 radical (unpaired) electrons. The van der Waals surface area contributed by atoms with E-state index in [0.29, 0.717) is 0 Å². The lowest BCUT2D eigenvalue weighted by atomic mass is 10.1. The summed E-state index contributed by atoms with van der Waals surface area (Å²) >= 11 is 0. The van der Waals surface area contributed by atoms with Crippen molar-refractivity contribution in [3.63, 3.8) is 0 Å². The smallest absolute Gasteiger partial charge is 0.00165 e. The Balaban J connectivity index is 2.22. The van der Waals surface area contributed by atoms with Gasteiger partial charge in [-0.1, -0.05) is 48.6 Å². The van der Waals surface area contributed by atoms with Crippen molar-refractivity contribution >= 4 is 5.57 Å². The molecule has 0 nitrogen and oxygen atoms in total. The Kier molecular flexibility index (Phi) is 1.66. The Morgan fingerprint density at radius 2 is 2.00 bits per heavy atom. The largest absolute Gasteiger partial charge is 0.0807 e. The molecule has 0 spiro atoms. The first-order valence-corrected chi connectivity index (χ1v) is 5.09. The number of fused-ring (bicyclic) bond motifs is 3. The molecule has 1 aromatic carbocycles. The van der Waals surface area contributed by atoms with Crippen LogP contribution in [0.5, 0.6) is 0 Å². The lowest BCUT2D eigenvalue weighted by Gasteiger charge is -1.99. The second-order valence-corrected chi connectivity index (χ2v) is 3.81. The van der Waals surface area contributed by atoms with Crippen LogP contribution in [0.1, 0.15) is 17.5 Å². The molecule has 0 heterocycles. The van der Waals surface area contributed by atoms with Gasteiger partial charge in [0.25, 0.3) is 0 Å². The normalized spacial score (nSPS) is 18.0. The van der Waals surface area contributed by atoms with Crippen LogP contribution < -0.4 is 0 Å². The number of benzene rings is 1. The van der Waals surface area contributed by atoms with Gasteiger partial charge in [0.2, 0.25) is 0 Å². The van der Waals surface area contributed by atoms with Crippen LogP contribution >= 0.6 is 0 Å². The molecule has 0 bridgehead atoms. The Morgan fingerprint density at radius 3 is 3.00 bits per heavy atom. The first kappa shape index (κ1) is 7.81. The van der Waals surface area contributed by atoms with E-state index in [2.05, 4.69) is 48.6 Å². The van der Waals surface area contributed by atoms with E-state index in [1.165, 1.54) is 22.3 Å². The van der Waals surface area contributed by atoms with Gasteiger partial charge in [-0.05, 0) is 35.1 Å². The van der Waals surface area contributed by atoms with Crippen molar-refractivity contribution in [2.45, 2.75) is 12.8 Å². The molecular formula is C14H12. The molecule has 0 atom stereocenters. The van der Waals surface area contributed by atoms with Gasteiger partial charge in [0.15, 0.2) is 0 Å². The second-order valence-electron chi connectivity index (χ2n) is 3.81. The lowest BCUT2D eigenvalue weighted by Crippen LogP contribution is -1.78. The van der Waals surface area contributed by atoms with Crippen molar-refractivity contribution < 1.29 is 0 Å². The van der Waals surface area contributed by atoms with E-state index in [0.717, 1.165) is 12.8 Å². The van der Waals surface area contributed by atoms with Gasteiger partial charge in [-0.3, -0.25) is 0 Å². The van der Waals surface area contributed by atoms with Crippen molar-refractivity contribution in [3.8, 4) is 0 Å². The summed E-state index contributed by atoms with van der Waals surface area (Å²) in [5.41, 5.74) is 5.82. The average molecular weight is 180 g/mol. The molecule has 0 saturated heterocycles. The fraction of sp³-hybridized carbons (Fsp3) is 0.143. The van der Waals surface area contributed by atoms with Crippen LogP contribution in [0.25, 0.3) is 5.57 Å². The quantitative estimate of drug-likeness (QED) is 0.573. The minimum Gasteiger partial charge on any atom is -0.0807 e. The molecule has 2 aliphatic carbocycles. The van der Waals surface area contributed by atoms with Crippen LogP contribution in [0.15, 0.2) is 54.1 Å². The minimum atomic E-state index is 1.07. The van der Waals surface area contributed by atoms with Crippen LogP contribution in [0.3, 0.4) is 0 Å². The Hall–Kier alpha value is -1.56. The van der Waals surface area contributed by atoms with Crippen LogP contribution in [-0.4, -0.2) is 0 Å². The number of rotatable bonds is 0. The minimum absolute atomic E-state index is 1.07. The van der Waals surface area contributed by atoms with Crippen molar-refractivity contribution in [3.05, 3.63) is 65.3 Å². The highest BCUT2D eigenvalue weighted by Gasteiger charge is 2.19. The number of hydrogen-bond acceptors (Lipinski definition) is 0. The zero-order valence-corrected chi connectivity index (χ0v) is 8.03. The highest BCUT2D eigenvalue weighted by atomic mass is 14.2. The van der Waals surface area contributed by atoms with Crippen LogP contribution in [-0.2, 0) is 6.42 Å². The summed E-state index contributed by atoms with van der Waals surface area (Å²) in [7, 11) is 0. The molecule has 3 rings (SSSR count). The molecule has 14 heavy (non-hydrogen) atoms. The zero-order chi connectivity index (χ0) is 9.38. The molecule has 0 aromatic heterocycles. The molecule has 0 heteroatoms. The molecule has 0 saturated carbocycles. The SMILES string of the molecule is C1=CCC=C2Cc3ccccc3C2=C1. The van der Waals surface area contributed by atoms with E-state index < -0.39 is 0 Å². The molecule has 0 fully saturated rings. The van der Waals surface area contributed by atoms with Gasteiger partial charge in [-0.15, -0.1) is 0 Å². The predicted octanol–water partition coefficient (Wildman–Crippen LogP) is 3.51. The van der Waals surface area contributed by atoms with E-state index in [1.54, 1.807) is 0 Å². The maximum atomic E-state index is 2.34. The molecule has 2 aliphatic rings. The van der Waals surface area contributed by atoms with Crippen molar-refractivity contribution in [1.82, 2.24) is 0 Å². The molecule has 68 valence electrons. The summed E-state index contributed by atoms with van der Waals surface area (Å²) in [5.74, 6) is 0. The average Bonchev–Trinajstić information content (AvgIpc) is 2.42. The number of hydrogen-bond donors (Lipinski definition) is 0. The molecule has 1 aromatic rings. The van der Waals surface area contributed by atoms with E-state index >= 15 is 0 Å². The second kappa shape index (κ2) is 2.98. The van der Waals surface area contributed by atoms with Crippen molar-refractivity contribution in [2.24, 2.45) is 0 Å². The topological polar surface area (TPSA) is 0 Å². The third kappa shape index (κ3) is 1.07. The van der Waals surface area contributed by atoms with E-state index in [4.69, 9.17) is 0 Å². The standard InChI is InChI=1S/C14H12/c1-2-6-11-10-12-7-4-5-9-14(12)13(11)8-3-1/h1,3-9H,2,10H2. The molecule has 0 unspecified atom stereocenters. The van der Waals surface area contributed by atoms with Crippen LogP contribution in [0, 0.1) is 0 Å². The summed E-state index contributed by atoms with van der Waals surface area (Å²) in [6.07, 6.45) is 11.1.